The van der Waals surface area contributed by atoms with Gasteiger partial charge in [-0.3, -0.25) is 0 Å². The Kier molecular flexibility index (Phi) is 6.07. The van der Waals surface area contributed by atoms with Gasteiger partial charge >= 0.3 is 0 Å². The Morgan fingerprint density at radius 3 is 2.47 bits per heavy atom. The van der Waals surface area contributed by atoms with Crippen LogP contribution in [0.4, 0.5) is 0 Å². The van der Waals surface area contributed by atoms with Gasteiger partial charge in [0.1, 0.15) is 0 Å². The van der Waals surface area contributed by atoms with Crippen LogP contribution < -0.4 is 0 Å². The number of likely N-dealkylation sites (N-methyl/N-ethyl adjacent to an activating group) is 1. The molecule has 0 spiro atoms. The Morgan fingerprint density at radius 2 is 1.93 bits per heavy atom. The van der Waals surface area contributed by atoms with E-state index in [0.717, 1.165) is 19.6 Å². The molecule has 1 unspecified atom stereocenters. The van der Waals surface area contributed by atoms with E-state index in [4.69, 9.17) is 23.2 Å². The summed E-state index contributed by atoms with van der Waals surface area (Å²) in [5, 5.41) is 0.0503. The highest BCUT2D eigenvalue weighted by atomic mass is 35.5. The second-order valence-corrected chi connectivity index (χ2v) is 4.37. The molecule has 0 aromatic heterocycles. The predicted molar refractivity (Wildman–Crippen MR) is 67.9 cm³/mol. The van der Waals surface area contributed by atoms with Crippen molar-refractivity contribution in [3.63, 3.8) is 0 Å². The Balaban J connectivity index is 2.50. The van der Waals surface area contributed by atoms with E-state index in [2.05, 4.69) is 24.0 Å². The maximum atomic E-state index is 6.33. The van der Waals surface area contributed by atoms with Gasteiger partial charge in [0, 0.05) is 19.0 Å². The van der Waals surface area contributed by atoms with Gasteiger partial charge in [-0.2, -0.15) is 0 Å². The summed E-state index contributed by atoms with van der Waals surface area (Å²) in [5.74, 6) is 0.659. The van der Waals surface area contributed by atoms with Gasteiger partial charge in [0.05, 0.1) is 5.38 Å². The fourth-order valence-corrected chi connectivity index (χ4v) is 2.07. The van der Waals surface area contributed by atoms with Crippen LogP contribution in [0.15, 0.2) is 30.3 Å². The predicted octanol–water partition coefficient (Wildman–Crippen LogP) is 3.53. The van der Waals surface area contributed by atoms with Gasteiger partial charge in [0.15, 0.2) is 0 Å². The average Bonchev–Trinajstić information content (AvgIpc) is 2.29. The molecule has 1 nitrogen and oxygen atoms in total. The van der Waals surface area contributed by atoms with Gasteiger partial charge in [-0.05, 0) is 12.1 Å². The van der Waals surface area contributed by atoms with E-state index < -0.39 is 0 Å². The zero-order valence-corrected chi connectivity index (χ0v) is 10.5. The molecule has 1 atom stereocenters. The van der Waals surface area contributed by atoms with Crippen LogP contribution in [-0.4, -0.2) is 30.4 Å². The molecule has 0 fully saturated rings. The second kappa shape index (κ2) is 7.10. The molecular formula is C12H17Cl2N. The number of rotatable bonds is 6. The minimum atomic E-state index is 0.0503. The summed E-state index contributed by atoms with van der Waals surface area (Å²) in [5.41, 5.74) is 1.17. The van der Waals surface area contributed by atoms with Gasteiger partial charge < -0.3 is 4.90 Å². The summed E-state index contributed by atoms with van der Waals surface area (Å²) >= 11 is 12.1. The van der Waals surface area contributed by atoms with Crippen LogP contribution in [-0.2, 0) is 0 Å². The monoisotopic (exact) mass is 245 g/mol. The third kappa shape index (κ3) is 4.42. The molecule has 0 bridgehead atoms. The summed E-state index contributed by atoms with van der Waals surface area (Å²) in [6.07, 6.45) is 0. The largest absolute Gasteiger partial charge is 0.301 e. The van der Waals surface area contributed by atoms with Crippen molar-refractivity contribution in [1.82, 2.24) is 4.90 Å². The topological polar surface area (TPSA) is 3.24 Å². The van der Waals surface area contributed by atoms with Crippen LogP contribution >= 0.6 is 23.2 Å². The number of benzene rings is 1. The SMILES string of the molecule is CCN(CCCl)CC(Cl)c1ccccc1. The van der Waals surface area contributed by atoms with E-state index in [-0.39, 0.29) is 5.38 Å². The van der Waals surface area contributed by atoms with Crippen molar-refractivity contribution in [3.05, 3.63) is 35.9 Å². The number of alkyl halides is 2. The Labute approximate surface area is 102 Å². The van der Waals surface area contributed by atoms with Crippen LogP contribution in [0.3, 0.4) is 0 Å². The first kappa shape index (κ1) is 12.8. The highest BCUT2D eigenvalue weighted by Crippen LogP contribution is 2.20. The van der Waals surface area contributed by atoms with E-state index in [1.165, 1.54) is 5.56 Å². The molecule has 0 amide bonds. The molecule has 0 heterocycles. The lowest BCUT2D eigenvalue weighted by atomic mass is 10.1. The minimum absolute atomic E-state index is 0.0503. The molecule has 1 aromatic carbocycles. The molecule has 0 aliphatic carbocycles. The normalized spacial score (nSPS) is 13.1. The van der Waals surface area contributed by atoms with Gasteiger partial charge in [0.2, 0.25) is 0 Å². The highest BCUT2D eigenvalue weighted by molar-refractivity contribution is 6.21. The number of hydrogen-bond donors (Lipinski definition) is 0. The molecule has 3 heteroatoms. The highest BCUT2D eigenvalue weighted by Gasteiger charge is 2.11. The Hall–Kier alpha value is -0.240. The zero-order chi connectivity index (χ0) is 11.1. The summed E-state index contributed by atoms with van der Waals surface area (Å²) in [4.78, 5) is 2.26. The standard InChI is InChI=1S/C12H17Cl2N/c1-2-15(9-8-13)10-12(14)11-6-4-3-5-7-11/h3-7,12H,2,8-10H2,1H3. The summed E-state index contributed by atoms with van der Waals surface area (Å²) < 4.78 is 0. The number of hydrogen-bond acceptors (Lipinski definition) is 1. The molecule has 84 valence electrons. The first-order valence-electron chi connectivity index (χ1n) is 5.25. The Morgan fingerprint density at radius 1 is 1.27 bits per heavy atom. The van der Waals surface area contributed by atoms with Crippen molar-refractivity contribution < 1.29 is 0 Å². The van der Waals surface area contributed by atoms with Crippen molar-refractivity contribution in [3.8, 4) is 0 Å². The van der Waals surface area contributed by atoms with Crippen LogP contribution in [0.2, 0.25) is 0 Å². The average molecular weight is 246 g/mol. The quantitative estimate of drug-likeness (QED) is 0.694. The lowest BCUT2D eigenvalue weighted by Gasteiger charge is -2.22. The maximum absolute atomic E-state index is 6.33. The third-order valence-corrected chi connectivity index (χ3v) is 2.99. The molecule has 1 rings (SSSR count). The summed E-state index contributed by atoms with van der Waals surface area (Å²) in [6, 6.07) is 10.2. The van der Waals surface area contributed by atoms with Crippen molar-refractivity contribution in [1.29, 1.82) is 0 Å². The molecule has 1 aromatic rings. The fourth-order valence-electron chi connectivity index (χ4n) is 1.49. The van der Waals surface area contributed by atoms with Crippen molar-refractivity contribution >= 4 is 23.2 Å². The van der Waals surface area contributed by atoms with Crippen molar-refractivity contribution in [2.24, 2.45) is 0 Å². The lowest BCUT2D eigenvalue weighted by Crippen LogP contribution is -2.28. The van der Waals surface area contributed by atoms with Crippen LogP contribution in [0, 0.1) is 0 Å². The molecule has 0 aliphatic heterocycles. The molecule has 15 heavy (non-hydrogen) atoms. The molecule has 0 N–H and O–H groups in total. The van der Waals surface area contributed by atoms with Crippen LogP contribution in [0.25, 0.3) is 0 Å². The molecule has 0 radical (unpaired) electrons. The van der Waals surface area contributed by atoms with Gasteiger partial charge in [-0.15, -0.1) is 23.2 Å². The molecule has 0 saturated carbocycles. The first-order valence-corrected chi connectivity index (χ1v) is 6.22. The smallest absolute Gasteiger partial charge is 0.0712 e. The van der Waals surface area contributed by atoms with Gasteiger partial charge in [0.25, 0.3) is 0 Å². The lowest BCUT2D eigenvalue weighted by molar-refractivity contribution is 0.306. The number of nitrogens with zero attached hydrogens (tertiary/aromatic N) is 1. The van der Waals surface area contributed by atoms with E-state index in [1.807, 2.05) is 18.2 Å². The minimum Gasteiger partial charge on any atom is -0.301 e. The van der Waals surface area contributed by atoms with E-state index >= 15 is 0 Å². The van der Waals surface area contributed by atoms with E-state index in [1.54, 1.807) is 0 Å². The molecule has 0 saturated heterocycles. The second-order valence-electron chi connectivity index (χ2n) is 3.46. The molecule has 0 aliphatic rings. The van der Waals surface area contributed by atoms with E-state index in [9.17, 15) is 0 Å². The Bertz CT molecular complexity index is 264. The summed E-state index contributed by atoms with van der Waals surface area (Å²) in [7, 11) is 0. The third-order valence-electron chi connectivity index (χ3n) is 2.43. The summed E-state index contributed by atoms with van der Waals surface area (Å²) in [6.45, 7) is 4.87. The van der Waals surface area contributed by atoms with Gasteiger partial charge in [-0.1, -0.05) is 37.3 Å². The van der Waals surface area contributed by atoms with Crippen molar-refractivity contribution in [2.45, 2.75) is 12.3 Å². The number of halogens is 2. The first-order chi connectivity index (χ1) is 7.27. The van der Waals surface area contributed by atoms with Gasteiger partial charge in [-0.25, -0.2) is 0 Å². The van der Waals surface area contributed by atoms with E-state index in [0.29, 0.717) is 5.88 Å². The fraction of sp³-hybridized carbons (Fsp3) is 0.500. The molecular weight excluding hydrogens is 229 g/mol. The van der Waals surface area contributed by atoms with Crippen LogP contribution in [0.1, 0.15) is 17.9 Å². The zero-order valence-electron chi connectivity index (χ0n) is 9.00. The van der Waals surface area contributed by atoms with Crippen molar-refractivity contribution in [2.75, 3.05) is 25.5 Å². The maximum Gasteiger partial charge on any atom is 0.0712 e. The van der Waals surface area contributed by atoms with Crippen LogP contribution in [0.5, 0.6) is 0 Å².